The van der Waals surface area contributed by atoms with E-state index in [0.717, 1.165) is 4.90 Å². The minimum absolute atomic E-state index is 0. The van der Waals surface area contributed by atoms with Crippen LogP contribution in [-0.4, -0.2) is 101 Å². The maximum absolute atomic E-state index is 13.0. The summed E-state index contributed by atoms with van der Waals surface area (Å²) in [5.74, 6) is -2.03. The average Bonchev–Trinajstić information content (AvgIpc) is 3.10. The molecule has 0 radical (unpaired) electrons. The smallest absolute Gasteiger partial charge is 0.266 e. The largest absolute Gasteiger partial charge is 0.490 e. The molecular weight excluding hydrogens is 498 g/mol. The molecule has 2 aliphatic heterocycles. The molecule has 0 bridgehead atoms. The SMILES string of the molecule is Cl.NCCOCCOCCOCCOCCOc1cccc2c1C(=O)N(C1CCC(=O)NC1=O)C2=O. The Hall–Kier alpha value is -2.61. The zero-order valence-electron chi connectivity index (χ0n) is 19.9. The lowest BCUT2D eigenvalue weighted by Gasteiger charge is -2.27. The van der Waals surface area contributed by atoms with Gasteiger partial charge in [-0.15, -0.1) is 12.4 Å². The Morgan fingerprint density at radius 2 is 1.42 bits per heavy atom. The molecule has 3 N–H and O–H groups in total. The van der Waals surface area contributed by atoms with Crippen LogP contribution in [0.2, 0.25) is 0 Å². The molecule has 13 heteroatoms. The van der Waals surface area contributed by atoms with Crippen LogP contribution in [0, 0.1) is 0 Å². The Labute approximate surface area is 215 Å². The minimum atomic E-state index is -1.02. The van der Waals surface area contributed by atoms with E-state index in [1.54, 1.807) is 12.1 Å². The number of carbonyl (C=O) groups is 4. The van der Waals surface area contributed by atoms with Crippen LogP contribution in [-0.2, 0) is 28.5 Å². The predicted molar refractivity (Wildman–Crippen MR) is 128 cm³/mol. The summed E-state index contributed by atoms with van der Waals surface area (Å²) in [5, 5.41) is 2.17. The first kappa shape index (κ1) is 29.6. The third-order valence-electron chi connectivity index (χ3n) is 5.29. The predicted octanol–water partition coefficient (Wildman–Crippen LogP) is -0.0865. The van der Waals surface area contributed by atoms with Crippen LogP contribution < -0.4 is 15.8 Å². The van der Waals surface area contributed by atoms with Crippen LogP contribution in [0.3, 0.4) is 0 Å². The van der Waals surface area contributed by atoms with Crippen molar-refractivity contribution in [1.29, 1.82) is 0 Å². The van der Waals surface area contributed by atoms with E-state index in [9.17, 15) is 19.2 Å². The summed E-state index contributed by atoms with van der Waals surface area (Å²) in [6.45, 7) is 4.04. The molecule has 1 aromatic rings. The monoisotopic (exact) mass is 529 g/mol. The van der Waals surface area contributed by atoms with E-state index in [1.807, 2.05) is 0 Å². The molecular formula is C23H32ClN3O9. The number of fused-ring (bicyclic) bond motifs is 1. The van der Waals surface area contributed by atoms with Crippen LogP contribution >= 0.6 is 12.4 Å². The first-order chi connectivity index (χ1) is 17.0. The summed E-state index contributed by atoms with van der Waals surface area (Å²) in [7, 11) is 0. The normalized spacial score (nSPS) is 17.1. The van der Waals surface area contributed by atoms with Crippen molar-refractivity contribution in [2.45, 2.75) is 18.9 Å². The first-order valence-corrected chi connectivity index (χ1v) is 11.5. The third kappa shape index (κ3) is 7.95. The van der Waals surface area contributed by atoms with Gasteiger partial charge in [-0.2, -0.15) is 0 Å². The topological polar surface area (TPSA) is 156 Å². The Kier molecular flexibility index (Phi) is 12.7. The number of ether oxygens (including phenoxy) is 5. The molecule has 36 heavy (non-hydrogen) atoms. The maximum Gasteiger partial charge on any atom is 0.266 e. The van der Waals surface area contributed by atoms with Crippen molar-refractivity contribution in [1.82, 2.24) is 10.2 Å². The highest BCUT2D eigenvalue weighted by Crippen LogP contribution is 2.33. The number of hydrogen-bond donors (Lipinski definition) is 2. The molecule has 2 heterocycles. The summed E-state index contributed by atoms with van der Waals surface area (Å²) in [5.41, 5.74) is 5.59. The van der Waals surface area contributed by atoms with Crippen molar-refractivity contribution in [2.24, 2.45) is 5.73 Å². The lowest BCUT2D eigenvalue weighted by molar-refractivity contribution is -0.136. The molecule has 3 rings (SSSR count). The number of amides is 4. The summed E-state index contributed by atoms with van der Waals surface area (Å²) < 4.78 is 27.1. The van der Waals surface area contributed by atoms with E-state index in [2.05, 4.69) is 5.32 Å². The van der Waals surface area contributed by atoms with E-state index >= 15 is 0 Å². The molecule has 4 amide bonds. The van der Waals surface area contributed by atoms with Gasteiger partial charge in [0.2, 0.25) is 11.8 Å². The van der Waals surface area contributed by atoms with Gasteiger partial charge in [0.25, 0.3) is 11.8 Å². The number of carbonyl (C=O) groups excluding carboxylic acids is 4. The fourth-order valence-corrected chi connectivity index (χ4v) is 3.66. The Morgan fingerprint density at radius 3 is 2.00 bits per heavy atom. The molecule has 0 aromatic heterocycles. The van der Waals surface area contributed by atoms with Gasteiger partial charge in [-0.1, -0.05) is 6.07 Å². The molecule has 1 unspecified atom stereocenters. The number of hydrogen-bond acceptors (Lipinski definition) is 10. The lowest BCUT2D eigenvalue weighted by Crippen LogP contribution is -2.54. The molecule has 200 valence electrons. The number of imide groups is 2. The minimum Gasteiger partial charge on any atom is -0.490 e. The summed E-state index contributed by atoms with van der Waals surface area (Å²) in [6.07, 6.45) is 0.156. The molecule has 12 nitrogen and oxygen atoms in total. The van der Waals surface area contributed by atoms with Crippen molar-refractivity contribution < 1.29 is 42.9 Å². The van der Waals surface area contributed by atoms with Crippen molar-refractivity contribution >= 4 is 36.0 Å². The fraction of sp³-hybridized carbons (Fsp3) is 0.565. The fourth-order valence-electron chi connectivity index (χ4n) is 3.66. The van der Waals surface area contributed by atoms with E-state index < -0.39 is 29.7 Å². The van der Waals surface area contributed by atoms with Crippen molar-refractivity contribution in [3.63, 3.8) is 0 Å². The highest BCUT2D eigenvalue weighted by atomic mass is 35.5. The van der Waals surface area contributed by atoms with Crippen LogP contribution in [0.1, 0.15) is 33.6 Å². The Balaban J connectivity index is 0.00000456. The van der Waals surface area contributed by atoms with Gasteiger partial charge < -0.3 is 29.4 Å². The number of nitrogens with two attached hydrogens (primary N) is 1. The van der Waals surface area contributed by atoms with Crippen molar-refractivity contribution in [3.8, 4) is 5.75 Å². The summed E-state index contributed by atoms with van der Waals surface area (Å²) >= 11 is 0. The van der Waals surface area contributed by atoms with E-state index in [1.165, 1.54) is 6.07 Å². The first-order valence-electron chi connectivity index (χ1n) is 11.5. The summed E-state index contributed by atoms with van der Waals surface area (Å²) in [6, 6.07) is 3.68. The van der Waals surface area contributed by atoms with Crippen LogP contribution in [0.5, 0.6) is 5.75 Å². The second-order valence-electron chi connectivity index (χ2n) is 7.71. The zero-order valence-corrected chi connectivity index (χ0v) is 20.7. The van der Waals surface area contributed by atoms with E-state index in [0.29, 0.717) is 52.8 Å². The molecule has 1 aromatic carbocycles. The average molecular weight is 530 g/mol. The number of rotatable bonds is 16. The zero-order chi connectivity index (χ0) is 25.0. The van der Waals surface area contributed by atoms with Gasteiger partial charge >= 0.3 is 0 Å². The highest BCUT2D eigenvalue weighted by molar-refractivity contribution is 6.24. The van der Waals surface area contributed by atoms with Crippen LogP contribution in [0.25, 0.3) is 0 Å². The van der Waals surface area contributed by atoms with Gasteiger partial charge in [0, 0.05) is 13.0 Å². The van der Waals surface area contributed by atoms with Gasteiger partial charge in [0.1, 0.15) is 18.4 Å². The number of piperidine rings is 1. The number of nitrogens with one attached hydrogen (secondary N) is 1. The maximum atomic E-state index is 13.0. The van der Waals surface area contributed by atoms with Crippen LogP contribution in [0.15, 0.2) is 18.2 Å². The lowest BCUT2D eigenvalue weighted by atomic mass is 10.0. The number of halogens is 1. The van der Waals surface area contributed by atoms with E-state index in [-0.39, 0.29) is 55.3 Å². The standard InChI is InChI=1S/C23H31N3O9.ClH/c24-6-7-31-8-9-32-10-11-33-12-13-34-14-15-35-18-3-1-2-16-20(18)23(30)26(22(16)29)17-4-5-19(27)25-21(17)28;/h1-3,17H,4-15,24H2,(H,25,27,28);1H. The van der Waals surface area contributed by atoms with Gasteiger partial charge in [-0.3, -0.25) is 29.4 Å². The van der Waals surface area contributed by atoms with Gasteiger partial charge in [0.05, 0.1) is 64.0 Å². The Bertz CT molecular complexity index is 915. The molecule has 1 atom stereocenters. The molecule has 2 aliphatic rings. The number of benzene rings is 1. The summed E-state index contributed by atoms with van der Waals surface area (Å²) in [4.78, 5) is 50.3. The van der Waals surface area contributed by atoms with Crippen molar-refractivity contribution in [2.75, 3.05) is 66.0 Å². The quantitative estimate of drug-likeness (QED) is 0.219. The van der Waals surface area contributed by atoms with Crippen LogP contribution in [0.4, 0.5) is 0 Å². The number of nitrogens with zero attached hydrogens (tertiary/aromatic N) is 1. The highest BCUT2D eigenvalue weighted by Gasteiger charge is 2.45. The molecule has 1 saturated heterocycles. The molecule has 0 spiro atoms. The van der Waals surface area contributed by atoms with Gasteiger partial charge in [0.15, 0.2) is 0 Å². The Morgan fingerprint density at radius 1 is 0.833 bits per heavy atom. The molecule has 0 saturated carbocycles. The van der Waals surface area contributed by atoms with Gasteiger partial charge in [-0.05, 0) is 18.6 Å². The van der Waals surface area contributed by atoms with E-state index in [4.69, 9.17) is 29.4 Å². The molecule has 0 aliphatic carbocycles. The molecule has 1 fully saturated rings. The van der Waals surface area contributed by atoms with Gasteiger partial charge in [-0.25, -0.2) is 0 Å². The van der Waals surface area contributed by atoms with Crippen molar-refractivity contribution in [3.05, 3.63) is 29.3 Å². The third-order valence-corrected chi connectivity index (χ3v) is 5.29. The second-order valence-corrected chi connectivity index (χ2v) is 7.71. The second kappa shape index (κ2) is 15.5.